The Labute approximate surface area is 111 Å². The van der Waals surface area contributed by atoms with Crippen LogP contribution in [0.3, 0.4) is 0 Å². The minimum atomic E-state index is -2.89. The Morgan fingerprint density at radius 1 is 1.21 bits per heavy atom. The first-order valence-corrected chi connectivity index (χ1v) is 6.53. The summed E-state index contributed by atoms with van der Waals surface area (Å²) in [5, 5.41) is 0. The van der Waals surface area contributed by atoms with E-state index in [-0.39, 0.29) is 5.56 Å². The second-order valence-corrected chi connectivity index (χ2v) is 4.79. The van der Waals surface area contributed by atoms with Crippen LogP contribution in [0.5, 0.6) is 11.5 Å². The van der Waals surface area contributed by atoms with Crippen molar-refractivity contribution in [2.45, 2.75) is 32.1 Å². The first kappa shape index (κ1) is 14.1. The zero-order chi connectivity index (χ0) is 13.9. The zero-order valence-electron chi connectivity index (χ0n) is 11.0. The lowest BCUT2D eigenvalue weighted by Gasteiger charge is -2.19. The van der Waals surface area contributed by atoms with Gasteiger partial charge in [0.1, 0.15) is 0 Å². The lowest BCUT2D eigenvalue weighted by atomic mass is 9.97. The molecular weight excluding hydrogens is 252 g/mol. The molecule has 0 spiro atoms. The number of alkyl halides is 2. The van der Waals surface area contributed by atoms with Gasteiger partial charge < -0.3 is 15.2 Å². The molecule has 0 bridgehead atoms. The van der Waals surface area contributed by atoms with Gasteiger partial charge >= 0.3 is 0 Å². The van der Waals surface area contributed by atoms with Crippen molar-refractivity contribution < 1.29 is 18.3 Å². The molecule has 0 saturated carbocycles. The number of aryl methyl sites for hydroxylation is 1. The van der Waals surface area contributed by atoms with E-state index in [1.165, 1.54) is 6.07 Å². The lowest BCUT2D eigenvalue weighted by molar-refractivity contribution is 0.0162. The summed E-state index contributed by atoms with van der Waals surface area (Å²) < 4.78 is 38.4. The first-order chi connectivity index (χ1) is 9.02. The van der Waals surface area contributed by atoms with Gasteiger partial charge in [-0.3, -0.25) is 0 Å². The standard InChI is InChI=1S/C14H19F2NO2/c1-14(15,16)11-9-13-12(18-6-3-7-19-13)8-10(11)4-2-5-17/h8-9H,2-7,17H2,1H3. The number of benzene rings is 1. The minimum absolute atomic E-state index is 0.00481. The van der Waals surface area contributed by atoms with Crippen molar-refractivity contribution >= 4 is 0 Å². The largest absolute Gasteiger partial charge is 0.490 e. The molecule has 1 heterocycles. The molecular formula is C14H19F2NO2. The van der Waals surface area contributed by atoms with Crippen molar-refractivity contribution in [1.29, 1.82) is 0 Å². The van der Waals surface area contributed by atoms with Crippen LogP contribution in [-0.4, -0.2) is 19.8 Å². The Balaban J connectivity index is 2.41. The van der Waals surface area contributed by atoms with Crippen LogP contribution in [0, 0.1) is 0 Å². The van der Waals surface area contributed by atoms with Crippen LogP contribution in [0.25, 0.3) is 0 Å². The van der Waals surface area contributed by atoms with Crippen LogP contribution in [0.2, 0.25) is 0 Å². The van der Waals surface area contributed by atoms with E-state index in [1.807, 2.05) is 0 Å². The van der Waals surface area contributed by atoms with Gasteiger partial charge in [0.25, 0.3) is 5.92 Å². The third-order valence-electron chi connectivity index (χ3n) is 3.10. The van der Waals surface area contributed by atoms with E-state index in [4.69, 9.17) is 15.2 Å². The third kappa shape index (κ3) is 3.35. The van der Waals surface area contributed by atoms with Crippen LogP contribution in [-0.2, 0) is 12.3 Å². The maximum absolute atomic E-state index is 13.7. The Morgan fingerprint density at radius 3 is 2.42 bits per heavy atom. The second kappa shape index (κ2) is 5.74. The highest BCUT2D eigenvalue weighted by molar-refractivity contribution is 5.49. The summed E-state index contributed by atoms with van der Waals surface area (Å²) in [5.41, 5.74) is 6.05. The monoisotopic (exact) mass is 271 g/mol. The number of fused-ring (bicyclic) bond motifs is 1. The molecule has 0 atom stereocenters. The van der Waals surface area contributed by atoms with Crippen LogP contribution in [0.4, 0.5) is 8.78 Å². The highest BCUT2D eigenvalue weighted by Crippen LogP contribution is 2.39. The number of halogens is 2. The second-order valence-electron chi connectivity index (χ2n) is 4.79. The fourth-order valence-electron chi connectivity index (χ4n) is 2.16. The summed E-state index contributed by atoms with van der Waals surface area (Å²) in [7, 11) is 0. The van der Waals surface area contributed by atoms with Crippen LogP contribution >= 0.6 is 0 Å². The summed E-state index contributed by atoms with van der Waals surface area (Å²) in [6.45, 7) is 2.41. The summed E-state index contributed by atoms with van der Waals surface area (Å²) >= 11 is 0. The molecule has 0 unspecified atom stereocenters. The van der Waals surface area contributed by atoms with E-state index in [0.717, 1.165) is 13.3 Å². The maximum Gasteiger partial charge on any atom is 0.270 e. The predicted octanol–water partition coefficient (Wildman–Crippen LogP) is 2.85. The van der Waals surface area contributed by atoms with E-state index >= 15 is 0 Å². The average Bonchev–Trinajstić information content (AvgIpc) is 2.58. The van der Waals surface area contributed by atoms with Gasteiger partial charge in [-0.15, -0.1) is 0 Å². The van der Waals surface area contributed by atoms with Crippen LogP contribution in [0.1, 0.15) is 30.9 Å². The number of hydrogen-bond acceptors (Lipinski definition) is 3. The van der Waals surface area contributed by atoms with Gasteiger partial charge in [0.15, 0.2) is 11.5 Å². The van der Waals surface area contributed by atoms with Crippen molar-refractivity contribution in [2.24, 2.45) is 5.73 Å². The van der Waals surface area contributed by atoms with E-state index < -0.39 is 5.92 Å². The normalized spacial score (nSPS) is 15.2. The molecule has 0 radical (unpaired) electrons. The van der Waals surface area contributed by atoms with Crippen LogP contribution in [0.15, 0.2) is 12.1 Å². The molecule has 2 rings (SSSR count). The number of rotatable bonds is 4. The van der Waals surface area contributed by atoms with E-state index in [9.17, 15) is 8.78 Å². The Morgan fingerprint density at radius 2 is 1.84 bits per heavy atom. The van der Waals surface area contributed by atoms with E-state index in [1.54, 1.807) is 6.07 Å². The highest BCUT2D eigenvalue weighted by Gasteiger charge is 2.29. The van der Waals surface area contributed by atoms with Gasteiger partial charge in [-0.25, -0.2) is 8.78 Å². The molecule has 19 heavy (non-hydrogen) atoms. The third-order valence-corrected chi connectivity index (χ3v) is 3.10. The maximum atomic E-state index is 13.7. The number of hydrogen-bond donors (Lipinski definition) is 1. The summed E-state index contributed by atoms with van der Waals surface area (Å²) in [6.07, 6.45) is 1.94. The molecule has 106 valence electrons. The summed E-state index contributed by atoms with van der Waals surface area (Å²) in [5.74, 6) is -1.93. The highest BCUT2D eigenvalue weighted by atomic mass is 19.3. The van der Waals surface area contributed by atoms with Crippen molar-refractivity contribution in [2.75, 3.05) is 19.8 Å². The molecule has 5 heteroatoms. The topological polar surface area (TPSA) is 44.5 Å². The Hall–Kier alpha value is -1.36. The van der Waals surface area contributed by atoms with Crippen molar-refractivity contribution in [3.63, 3.8) is 0 Å². The molecule has 1 aliphatic heterocycles. The molecule has 0 amide bonds. The SMILES string of the molecule is CC(F)(F)c1cc2c(cc1CCCN)OCCCO2. The predicted molar refractivity (Wildman–Crippen MR) is 69.0 cm³/mol. The quantitative estimate of drug-likeness (QED) is 0.915. The van der Waals surface area contributed by atoms with Gasteiger partial charge in [0, 0.05) is 18.9 Å². The van der Waals surface area contributed by atoms with Gasteiger partial charge in [0.05, 0.1) is 13.2 Å². The minimum Gasteiger partial charge on any atom is -0.490 e. The fraction of sp³-hybridized carbons (Fsp3) is 0.571. The fourth-order valence-corrected chi connectivity index (χ4v) is 2.16. The Kier molecular flexibility index (Phi) is 4.24. The molecule has 2 N–H and O–H groups in total. The van der Waals surface area contributed by atoms with Gasteiger partial charge in [-0.2, -0.15) is 0 Å². The van der Waals surface area contributed by atoms with E-state index in [2.05, 4.69) is 0 Å². The molecule has 3 nitrogen and oxygen atoms in total. The van der Waals surface area contributed by atoms with Gasteiger partial charge in [-0.05, 0) is 37.1 Å². The summed E-state index contributed by atoms with van der Waals surface area (Å²) in [4.78, 5) is 0. The molecule has 1 aromatic rings. The number of nitrogens with two attached hydrogens (primary N) is 1. The molecule has 0 saturated heterocycles. The van der Waals surface area contributed by atoms with Crippen LogP contribution < -0.4 is 15.2 Å². The molecule has 0 aromatic heterocycles. The van der Waals surface area contributed by atoms with Crippen molar-refractivity contribution in [3.05, 3.63) is 23.3 Å². The van der Waals surface area contributed by atoms with Crippen molar-refractivity contribution in [1.82, 2.24) is 0 Å². The number of ether oxygens (including phenoxy) is 2. The molecule has 1 aliphatic rings. The van der Waals surface area contributed by atoms with E-state index in [0.29, 0.717) is 49.7 Å². The average molecular weight is 271 g/mol. The first-order valence-electron chi connectivity index (χ1n) is 6.53. The summed E-state index contributed by atoms with van der Waals surface area (Å²) in [6, 6.07) is 3.08. The molecule has 0 aliphatic carbocycles. The van der Waals surface area contributed by atoms with Gasteiger partial charge in [-0.1, -0.05) is 0 Å². The van der Waals surface area contributed by atoms with Crippen molar-refractivity contribution in [3.8, 4) is 11.5 Å². The molecule has 0 fully saturated rings. The Bertz CT molecular complexity index is 444. The molecule has 1 aromatic carbocycles. The van der Waals surface area contributed by atoms with Gasteiger partial charge in [0.2, 0.25) is 0 Å². The lowest BCUT2D eigenvalue weighted by Crippen LogP contribution is -2.13. The smallest absolute Gasteiger partial charge is 0.270 e. The zero-order valence-corrected chi connectivity index (χ0v) is 11.0.